The molecule has 0 aromatic heterocycles. The van der Waals surface area contributed by atoms with E-state index in [1.54, 1.807) is 0 Å². The summed E-state index contributed by atoms with van der Waals surface area (Å²) in [7, 11) is -2.61. The van der Waals surface area contributed by atoms with Crippen molar-refractivity contribution < 1.29 is 8.42 Å². The molecule has 1 aliphatic heterocycles. The van der Waals surface area contributed by atoms with Crippen molar-refractivity contribution in [1.29, 1.82) is 0 Å². The molecule has 0 bridgehead atoms. The van der Waals surface area contributed by atoms with Gasteiger partial charge in [-0.3, -0.25) is 0 Å². The maximum Gasteiger partial charge on any atom is 0.150 e. The van der Waals surface area contributed by atoms with E-state index in [0.717, 1.165) is 12.8 Å². The van der Waals surface area contributed by atoms with Gasteiger partial charge in [0.05, 0.1) is 11.5 Å². The maximum atomic E-state index is 10.8. The average Bonchev–Trinajstić information content (AvgIpc) is 2.10. The van der Waals surface area contributed by atoms with Crippen molar-refractivity contribution >= 4 is 9.84 Å². The molecule has 0 amide bonds. The summed E-state index contributed by atoms with van der Waals surface area (Å²) in [5.74, 6) is 1.31. The van der Waals surface area contributed by atoms with Crippen molar-refractivity contribution in [2.45, 2.75) is 19.8 Å². The minimum absolute atomic E-state index is 0.422. The van der Waals surface area contributed by atoms with E-state index in [9.17, 15) is 8.42 Å². The van der Waals surface area contributed by atoms with Crippen molar-refractivity contribution in [1.82, 2.24) is 0 Å². The van der Waals surface area contributed by atoms with Crippen LogP contribution in [0.4, 0.5) is 0 Å². The Labute approximate surface area is 56.2 Å². The highest BCUT2D eigenvalue weighted by Gasteiger charge is 2.25. The normalized spacial score (nSPS) is 32.8. The van der Waals surface area contributed by atoms with Gasteiger partial charge in [0.2, 0.25) is 0 Å². The zero-order valence-corrected chi connectivity index (χ0v) is 6.45. The predicted octanol–water partition coefficient (Wildman–Crippen LogP) is 0.831. The zero-order chi connectivity index (χ0) is 6.91. The number of hydrogen-bond acceptors (Lipinski definition) is 2. The second-order valence-corrected chi connectivity index (χ2v) is 4.91. The van der Waals surface area contributed by atoms with Crippen LogP contribution in [0.25, 0.3) is 0 Å². The Morgan fingerprint density at radius 2 is 2.22 bits per heavy atom. The van der Waals surface area contributed by atoms with Crippen LogP contribution in [0.2, 0.25) is 0 Å². The molecule has 1 aliphatic rings. The van der Waals surface area contributed by atoms with Gasteiger partial charge in [0.25, 0.3) is 0 Å². The molecule has 54 valence electrons. The molecule has 1 saturated heterocycles. The van der Waals surface area contributed by atoms with E-state index in [-0.39, 0.29) is 0 Å². The third-order valence-electron chi connectivity index (χ3n) is 1.90. The van der Waals surface area contributed by atoms with E-state index in [1.807, 2.05) is 6.92 Å². The predicted molar refractivity (Wildman–Crippen MR) is 37.1 cm³/mol. The SMILES string of the molecule is CC[C@@H]1CCS(=O)(=O)C1. The Kier molecular flexibility index (Phi) is 1.80. The molecule has 0 spiro atoms. The van der Waals surface area contributed by atoms with E-state index in [1.165, 1.54) is 0 Å². The van der Waals surface area contributed by atoms with Gasteiger partial charge < -0.3 is 0 Å². The fourth-order valence-corrected chi connectivity index (χ4v) is 3.17. The molecule has 2 nitrogen and oxygen atoms in total. The molecule has 0 aliphatic carbocycles. The summed E-state index contributed by atoms with van der Waals surface area (Å²) in [5.41, 5.74) is 0. The first kappa shape index (κ1) is 7.06. The van der Waals surface area contributed by atoms with Crippen molar-refractivity contribution in [3.8, 4) is 0 Å². The molecule has 0 unspecified atom stereocenters. The van der Waals surface area contributed by atoms with Gasteiger partial charge in [0.1, 0.15) is 0 Å². The van der Waals surface area contributed by atoms with Crippen LogP contribution in [0.15, 0.2) is 0 Å². The number of hydrogen-bond donors (Lipinski definition) is 0. The largest absolute Gasteiger partial charge is 0.229 e. The van der Waals surface area contributed by atoms with Gasteiger partial charge in [-0.2, -0.15) is 0 Å². The molecule has 1 fully saturated rings. The lowest BCUT2D eigenvalue weighted by Crippen LogP contribution is -2.03. The molecule has 1 heterocycles. The molecule has 0 aromatic rings. The van der Waals surface area contributed by atoms with Crippen LogP contribution >= 0.6 is 0 Å². The molecule has 3 heteroatoms. The van der Waals surface area contributed by atoms with Crippen molar-refractivity contribution in [3.05, 3.63) is 0 Å². The minimum atomic E-state index is -2.61. The first-order valence-corrected chi connectivity index (χ1v) is 5.16. The Morgan fingerprint density at radius 3 is 2.44 bits per heavy atom. The van der Waals surface area contributed by atoms with Crippen LogP contribution in [0.3, 0.4) is 0 Å². The molecule has 0 saturated carbocycles. The molecule has 0 N–H and O–H groups in total. The Hall–Kier alpha value is -0.0500. The van der Waals surface area contributed by atoms with E-state index < -0.39 is 9.84 Å². The fraction of sp³-hybridized carbons (Fsp3) is 1.00. The standard InChI is InChI=1S/C6H12O2S/c1-2-6-3-4-9(7,8)5-6/h6H,2-5H2,1H3/t6-/m1/s1. The first-order valence-electron chi connectivity index (χ1n) is 3.34. The highest BCUT2D eigenvalue weighted by molar-refractivity contribution is 7.91. The smallest absolute Gasteiger partial charge is 0.150 e. The Balaban J connectivity index is 2.58. The van der Waals surface area contributed by atoms with E-state index in [0.29, 0.717) is 17.4 Å². The van der Waals surface area contributed by atoms with Crippen molar-refractivity contribution in [3.63, 3.8) is 0 Å². The zero-order valence-electron chi connectivity index (χ0n) is 5.63. The van der Waals surface area contributed by atoms with Crippen LogP contribution in [0.5, 0.6) is 0 Å². The fourth-order valence-electron chi connectivity index (χ4n) is 1.19. The molecular weight excluding hydrogens is 136 g/mol. The summed E-state index contributed by atoms with van der Waals surface area (Å²) in [6.45, 7) is 2.05. The van der Waals surface area contributed by atoms with Gasteiger partial charge in [0.15, 0.2) is 9.84 Å². The van der Waals surface area contributed by atoms with Gasteiger partial charge in [-0.05, 0) is 12.3 Å². The third-order valence-corrected chi connectivity index (χ3v) is 3.74. The minimum Gasteiger partial charge on any atom is -0.229 e. The van der Waals surface area contributed by atoms with E-state index in [4.69, 9.17) is 0 Å². The van der Waals surface area contributed by atoms with Gasteiger partial charge in [-0.1, -0.05) is 13.3 Å². The second-order valence-electron chi connectivity index (χ2n) is 2.68. The monoisotopic (exact) mass is 148 g/mol. The summed E-state index contributed by atoms with van der Waals surface area (Å²) in [5, 5.41) is 0. The van der Waals surface area contributed by atoms with Crippen LogP contribution in [-0.2, 0) is 9.84 Å². The number of sulfone groups is 1. The Morgan fingerprint density at radius 1 is 1.56 bits per heavy atom. The van der Waals surface area contributed by atoms with E-state index >= 15 is 0 Å². The molecule has 9 heavy (non-hydrogen) atoms. The number of rotatable bonds is 1. The lowest BCUT2D eigenvalue weighted by Gasteiger charge is -1.98. The highest BCUT2D eigenvalue weighted by Crippen LogP contribution is 2.20. The van der Waals surface area contributed by atoms with Gasteiger partial charge >= 0.3 is 0 Å². The van der Waals surface area contributed by atoms with Gasteiger partial charge in [-0.15, -0.1) is 0 Å². The summed E-state index contributed by atoms with van der Waals surface area (Å²) < 4.78 is 21.6. The quantitative estimate of drug-likeness (QED) is 0.552. The van der Waals surface area contributed by atoms with Crippen LogP contribution in [0.1, 0.15) is 19.8 Å². The second kappa shape index (κ2) is 2.29. The lowest BCUT2D eigenvalue weighted by atomic mass is 10.1. The molecule has 0 radical (unpaired) electrons. The van der Waals surface area contributed by atoms with Crippen LogP contribution in [-0.4, -0.2) is 19.9 Å². The summed E-state index contributed by atoms with van der Waals surface area (Å²) in [6, 6.07) is 0. The van der Waals surface area contributed by atoms with Crippen molar-refractivity contribution in [2.75, 3.05) is 11.5 Å². The lowest BCUT2D eigenvalue weighted by molar-refractivity contribution is 0.570. The van der Waals surface area contributed by atoms with Crippen LogP contribution in [0, 0.1) is 5.92 Å². The van der Waals surface area contributed by atoms with E-state index in [2.05, 4.69) is 0 Å². The topological polar surface area (TPSA) is 34.1 Å². The van der Waals surface area contributed by atoms with Crippen LogP contribution < -0.4 is 0 Å². The third kappa shape index (κ3) is 1.68. The Bertz CT molecular complexity index is 181. The van der Waals surface area contributed by atoms with Gasteiger partial charge in [0, 0.05) is 0 Å². The maximum absolute atomic E-state index is 10.8. The molecule has 0 aromatic carbocycles. The van der Waals surface area contributed by atoms with Crippen molar-refractivity contribution in [2.24, 2.45) is 5.92 Å². The average molecular weight is 148 g/mol. The summed E-state index contributed by atoms with van der Waals surface area (Å²) >= 11 is 0. The first-order chi connectivity index (χ1) is 4.14. The van der Waals surface area contributed by atoms with Gasteiger partial charge in [-0.25, -0.2) is 8.42 Å². The molecule has 1 rings (SSSR count). The molecule has 1 atom stereocenters. The summed E-state index contributed by atoms with van der Waals surface area (Å²) in [6.07, 6.45) is 1.90. The highest BCUT2D eigenvalue weighted by atomic mass is 32.2. The summed E-state index contributed by atoms with van der Waals surface area (Å²) in [4.78, 5) is 0. The molecular formula is C6H12O2S.